The maximum atomic E-state index is 9.23. The molecule has 0 spiro atoms. The SMILES string of the molecule is CN(Cc1nnc(Cc2ccccc2)o1)C1CCC(CO)CC1. The fraction of sp³-hybridized carbons (Fsp3) is 0.556. The summed E-state index contributed by atoms with van der Waals surface area (Å²) in [4.78, 5) is 2.30. The van der Waals surface area contributed by atoms with Crippen molar-refractivity contribution in [3.05, 3.63) is 47.7 Å². The molecule has 23 heavy (non-hydrogen) atoms. The van der Waals surface area contributed by atoms with Crippen LogP contribution in [0.5, 0.6) is 0 Å². The number of hydrogen-bond donors (Lipinski definition) is 1. The first-order valence-electron chi connectivity index (χ1n) is 8.41. The number of aromatic nitrogens is 2. The number of nitrogens with zero attached hydrogens (tertiary/aromatic N) is 3. The van der Waals surface area contributed by atoms with Crippen molar-refractivity contribution in [2.24, 2.45) is 5.92 Å². The van der Waals surface area contributed by atoms with Crippen LogP contribution >= 0.6 is 0 Å². The third-order valence-electron chi connectivity index (χ3n) is 4.79. The summed E-state index contributed by atoms with van der Waals surface area (Å²) < 4.78 is 5.79. The van der Waals surface area contributed by atoms with Crippen LogP contribution in [0, 0.1) is 5.92 Å². The zero-order valence-electron chi connectivity index (χ0n) is 13.7. The van der Waals surface area contributed by atoms with Crippen LogP contribution < -0.4 is 0 Å². The topological polar surface area (TPSA) is 62.4 Å². The van der Waals surface area contributed by atoms with Gasteiger partial charge in [-0.25, -0.2) is 0 Å². The smallest absolute Gasteiger partial charge is 0.230 e. The minimum absolute atomic E-state index is 0.322. The van der Waals surface area contributed by atoms with Crippen molar-refractivity contribution in [2.75, 3.05) is 13.7 Å². The Bertz CT molecular complexity index is 591. The highest BCUT2D eigenvalue weighted by Crippen LogP contribution is 2.27. The molecule has 124 valence electrons. The van der Waals surface area contributed by atoms with E-state index in [-0.39, 0.29) is 0 Å². The molecule has 0 saturated heterocycles. The van der Waals surface area contributed by atoms with Crippen molar-refractivity contribution in [1.29, 1.82) is 0 Å². The fourth-order valence-corrected chi connectivity index (χ4v) is 3.30. The molecule has 2 aromatic rings. The van der Waals surface area contributed by atoms with E-state index in [2.05, 4.69) is 34.3 Å². The van der Waals surface area contributed by atoms with Crippen molar-refractivity contribution in [3.8, 4) is 0 Å². The summed E-state index contributed by atoms with van der Waals surface area (Å²) in [6.07, 6.45) is 5.15. The molecule has 0 radical (unpaired) electrons. The molecule has 1 aliphatic rings. The van der Waals surface area contributed by atoms with Crippen LogP contribution in [0.25, 0.3) is 0 Å². The van der Waals surface area contributed by atoms with E-state index in [9.17, 15) is 5.11 Å². The van der Waals surface area contributed by atoms with Gasteiger partial charge in [0.05, 0.1) is 13.0 Å². The Morgan fingerprint density at radius 3 is 2.48 bits per heavy atom. The Morgan fingerprint density at radius 1 is 1.09 bits per heavy atom. The van der Waals surface area contributed by atoms with Gasteiger partial charge in [-0.3, -0.25) is 4.90 Å². The van der Waals surface area contributed by atoms with Gasteiger partial charge in [-0.1, -0.05) is 30.3 Å². The summed E-state index contributed by atoms with van der Waals surface area (Å²) >= 11 is 0. The number of benzene rings is 1. The molecule has 5 heteroatoms. The average Bonchev–Trinajstić information content (AvgIpc) is 3.02. The molecule has 1 aliphatic carbocycles. The van der Waals surface area contributed by atoms with Gasteiger partial charge in [0.15, 0.2) is 0 Å². The predicted octanol–water partition coefficient (Wildman–Crippen LogP) is 2.64. The van der Waals surface area contributed by atoms with Gasteiger partial charge in [0.2, 0.25) is 11.8 Å². The first-order valence-corrected chi connectivity index (χ1v) is 8.41. The largest absolute Gasteiger partial charge is 0.424 e. The third-order valence-corrected chi connectivity index (χ3v) is 4.79. The Balaban J connectivity index is 1.52. The zero-order valence-corrected chi connectivity index (χ0v) is 13.7. The monoisotopic (exact) mass is 315 g/mol. The molecule has 1 saturated carbocycles. The lowest BCUT2D eigenvalue weighted by molar-refractivity contribution is 0.118. The second-order valence-electron chi connectivity index (χ2n) is 6.52. The van der Waals surface area contributed by atoms with Gasteiger partial charge in [0, 0.05) is 12.6 Å². The Morgan fingerprint density at radius 2 is 1.78 bits per heavy atom. The summed E-state index contributed by atoms with van der Waals surface area (Å²) in [7, 11) is 2.12. The molecule has 1 N–H and O–H groups in total. The highest BCUT2D eigenvalue weighted by atomic mass is 16.4. The van der Waals surface area contributed by atoms with Crippen LogP contribution in [-0.2, 0) is 13.0 Å². The van der Waals surface area contributed by atoms with Gasteiger partial charge in [-0.2, -0.15) is 0 Å². The molecule has 3 rings (SSSR count). The van der Waals surface area contributed by atoms with E-state index in [1.165, 1.54) is 5.56 Å². The van der Waals surface area contributed by atoms with Gasteiger partial charge in [0.1, 0.15) is 0 Å². The third kappa shape index (κ3) is 4.39. The molecule has 0 atom stereocenters. The molecule has 1 aromatic heterocycles. The van der Waals surface area contributed by atoms with Crippen LogP contribution in [0.4, 0.5) is 0 Å². The standard InChI is InChI=1S/C18H25N3O2/c1-21(16-9-7-15(13-22)8-10-16)12-18-20-19-17(23-18)11-14-5-3-2-4-6-14/h2-6,15-16,22H,7-13H2,1H3. The molecule has 1 aromatic carbocycles. The highest BCUT2D eigenvalue weighted by molar-refractivity contribution is 5.17. The van der Waals surface area contributed by atoms with Crippen LogP contribution in [0.1, 0.15) is 43.0 Å². The number of aliphatic hydroxyl groups is 1. The van der Waals surface area contributed by atoms with Crippen molar-refractivity contribution in [2.45, 2.75) is 44.7 Å². The zero-order chi connectivity index (χ0) is 16.1. The molecule has 0 aliphatic heterocycles. The van der Waals surface area contributed by atoms with Gasteiger partial charge in [0.25, 0.3) is 0 Å². The predicted molar refractivity (Wildman–Crippen MR) is 87.8 cm³/mol. The van der Waals surface area contributed by atoms with E-state index in [1.54, 1.807) is 0 Å². The van der Waals surface area contributed by atoms with Crippen LogP contribution in [0.3, 0.4) is 0 Å². The summed E-state index contributed by atoms with van der Waals surface area (Å²) in [5.74, 6) is 1.84. The van der Waals surface area contributed by atoms with E-state index in [0.717, 1.165) is 25.7 Å². The Kier molecular flexibility index (Phi) is 5.41. The molecule has 0 amide bonds. The minimum Gasteiger partial charge on any atom is -0.424 e. The minimum atomic E-state index is 0.322. The van der Waals surface area contributed by atoms with E-state index in [0.29, 0.717) is 43.3 Å². The van der Waals surface area contributed by atoms with Crippen molar-refractivity contribution >= 4 is 0 Å². The second kappa shape index (κ2) is 7.70. The van der Waals surface area contributed by atoms with Crippen molar-refractivity contribution in [1.82, 2.24) is 15.1 Å². The second-order valence-corrected chi connectivity index (χ2v) is 6.52. The molecule has 5 nitrogen and oxygen atoms in total. The molecular formula is C18H25N3O2. The first kappa shape index (κ1) is 16.1. The van der Waals surface area contributed by atoms with Crippen LogP contribution in [-0.4, -0.2) is 39.9 Å². The van der Waals surface area contributed by atoms with Crippen LogP contribution in [0.15, 0.2) is 34.7 Å². The number of aliphatic hydroxyl groups excluding tert-OH is 1. The molecule has 1 fully saturated rings. The number of hydrogen-bond acceptors (Lipinski definition) is 5. The molecular weight excluding hydrogens is 290 g/mol. The molecule has 1 heterocycles. The van der Waals surface area contributed by atoms with Crippen molar-refractivity contribution < 1.29 is 9.52 Å². The maximum absolute atomic E-state index is 9.23. The quantitative estimate of drug-likeness (QED) is 0.888. The average molecular weight is 315 g/mol. The lowest BCUT2D eigenvalue weighted by atomic mass is 9.86. The Labute approximate surface area is 137 Å². The molecule has 0 unspecified atom stereocenters. The lowest BCUT2D eigenvalue weighted by Crippen LogP contribution is -2.35. The summed E-state index contributed by atoms with van der Waals surface area (Å²) in [5.41, 5.74) is 1.18. The summed E-state index contributed by atoms with van der Waals surface area (Å²) in [5, 5.41) is 17.6. The lowest BCUT2D eigenvalue weighted by Gasteiger charge is -2.33. The summed E-state index contributed by atoms with van der Waals surface area (Å²) in [6, 6.07) is 10.7. The summed E-state index contributed by atoms with van der Waals surface area (Å²) in [6.45, 7) is 1.01. The molecule has 0 bridgehead atoms. The highest BCUT2D eigenvalue weighted by Gasteiger charge is 2.24. The van der Waals surface area contributed by atoms with Gasteiger partial charge in [-0.15, -0.1) is 10.2 Å². The van der Waals surface area contributed by atoms with E-state index < -0.39 is 0 Å². The Hall–Kier alpha value is -1.72. The fourth-order valence-electron chi connectivity index (χ4n) is 3.30. The normalized spacial score (nSPS) is 21.7. The van der Waals surface area contributed by atoms with Crippen LogP contribution in [0.2, 0.25) is 0 Å². The number of rotatable bonds is 6. The maximum Gasteiger partial charge on any atom is 0.230 e. The van der Waals surface area contributed by atoms with Gasteiger partial charge < -0.3 is 9.52 Å². The van der Waals surface area contributed by atoms with Crippen molar-refractivity contribution in [3.63, 3.8) is 0 Å². The van der Waals surface area contributed by atoms with E-state index >= 15 is 0 Å². The first-order chi connectivity index (χ1) is 11.2. The van der Waals surface area contributed by atoms with Gasteiger partial charge >= 0.3 is 0 Å². The van der Waals surface area contributed by atoms with E-state index in [1.807, 2.05) is 18.2 Å². The van der Waals surface area contributed by atoms with Gasteiger partial charge in [-0.05, 0) is 44.2 Å². The van der Waals surface area contributed by atoms with E-state index in [4.69, 9.17) is 4.42 Å².